The molecule has 0 aliphatic carbocycles. The van der Waals surface area contributed by atoms with E-state index in [0.717, 1.165) is 32.8 Å². The van der Waals surface area contributed by atoms with Crippen molar-refractivity contribution >= 4 is 0 Å². The maximum atomic E-state index is 9.71. The monoisotopic (exact) mass is 212 g/mol. The highest BCUT2D eigenvalue weighted by molar-refractivity contribution is 4.97. The van der Waals surface area contributed by atoms with Gasteiger partial charge in [0.2, 0.25) is 0 Å². The minimum absolute atomic E-state index is 0.318. The highest BCUT2D eigenvalue weighted by atomic mass is 16.5. The van der Waals surface area contributed by atoms with Crippen molar-refractivity contribution in [1.29, 1.82) is 0 Å². The summed E-state index contributed by atoms with van der Waals surface area (Å²) >= 11 is 0. The van der Waals surface area contributed by atoms with E-state index >= 15 is 0 Å². The largest absolute Gasteiger partial charge is 0.390 e. The first kappa shape index (κ1) is 12.5. The third-order valence-electron chi connectivity index (χ3n) is 2.34. The average Bonchev–Trinajstić information content (AvgIpc) is 2.26. The Bertz CT molecular complexity index is 216. The lowest BCUT2D eigenvalue weighted by atomic mass is 10.3. The minimum atomic E-state index is -0.318. The van der Waals surface area contributed by atoms with Crippen molar-refractivity contribution < 1.29 is 9.84 Å². The third-order valence-corrected chi connectivity index (χ3v) is 2.34. The molecule has 1 rings (SSSR count). The molecule has 1 fully saturated rings. The lowest BCUT2D eigenvalue weighted by Crippen LogP contribution is -2.43. The molecule has 4 heteroatoms. The zero-order valence-corrected chi connectivity index (χ0v) is 9.33. The third kappa shape index (κ3) is 5.75. The molecule has 0 amide bonds. The van der Waals surface area contributed by atoms with Gasteiger partial charge in [0, 0.05) is 26.2 Å². The minimum Gasteiger partial charge on any atom is -0.390 e. The van der Waals surface area contributed by atoms with Crippen LogP contribution in [-0.2, 0) is 4.74 Å². The predicted octanol–water partition coefficient (Wildman–Crippen LogP) is -0.708. The number of β-amino-alcohol motifs (C(OH)–C–C–N with tert-alkyl or cyclic N) is 1. The van der Waals surface area contributed by atoms with E-state index in [0.29, 0.717) is 13.1 Å². The molecule has 2 N–H and O–H groups in total. The first-order chi connectivity index (χ1) is 7.33. The van der Waals surface area contributed by atoms with E-state index in [1.807, 2.05) is 6.92 Å². The molecule has 0 saturated carbocycles. The fraction of sp³-hybridized carbons (Fsp3) is 0.818. The number of nitrogens with zero attached hydrogens (tertiary/aromatic N) is 1. The van der Waals surface area contributed by atoms with Gasteiger partial charge < -0.3 is 15.2 Å². The SMILES string of the molecule is CC#CCNCC(O)CN1CCOCC1. The lowest BCUT2D eigenvalue weighted by Gasteiger charge is -2.28. The summed E-state index contributed by atoms with van der Waals surface area (Å²) < 4.78 is 5.24. The van der Waals surface area contributed by atoms with Gasteiger partial charge in [0.15, 0.2) is 0 Å². The Hall–Kier alpha value is -0.600. The molecule has 0 aromatic carbocycles. The van der Waals surface area contributed by atoms with Gasteiger partial charge in [0.25, 0.3) is 0 Å². The van der Waals surface area contributed by atoms with Crippen LogP contribution in [-0.4, -0.2) is 62.0 Å². The first-order valence-corrected chi connectivity index (χ1v) is 5.41. The molecule has 86 valence electrons. The van der Waals surface area contributed by atoms with E-state index in [2.05, 4.69) is 22.1 Å². The van der Waals surface area contributed by atoms with E-state index in [1.165, 1.54) is 0 Å². The molecule has 1 saturated heterocycles. The highest BCUT2D eigenvalue weighted by Crippen LogP contribution is 1.97. The summed E-state index contributed by atoms with van der Waals surface area (Å²) in [4.78, 5) is 2.22. The number of nitrogens with one attached hydrogen (secondary N) is 1. The second-order valence-corrected chi connectivity index (χ2v) is 3.62. The van der Waals surface area contributed by atoms with Gasteiger partial charge in [-0.3, -0.25) is 4.90 Å². The Kier molecular flexibility index (Phi) is 6.37. The molecule has 1 heterocycles. The van der Waals surface area contributed by atoms with Crippen LogP contribution in [0, 0.1) is 11.8 Å². The molecule has 0 radical (unpaired) electrons. The van der Waals surface area contributed by atoms with Crippen molar-refractivity contribution in [2.45, 2.75) is 13.0 Å². The molecule has 0 bridgehead atoms. The molecule has 1 atom stereocenters. The lowest BCUT2D eigenvalue weighted by molar-refractivity contribution is 0.0151. The number of hydrogen-bond donors (Lipinski definition) is 2. The fourth-order valence-corrected chi connectivity index (χ4v) is 1.54. The van der Waals surface area contributed by atoms with Crippen molar-refractivity contribution in [3.05, 3.63) is 0 Å². The van der Waals surface area contributed by atoms with Crippen LogP contribution in [0.5, 0.6) is 0 Å². The van der Waals surface area contributed by atoms with Crippen LogP contribution >= 0.6 is 0 Å². The number of aliphatic hydroxyl groups is 1. The van der Waals surface area contributed by atoms with Crippen molar-refractivity contribution in [2.75, 3.05) is 45.9 Å². The number of aliphatic hydroxyl groups excluding tert-OH is 1. The summed E-state index contributed by atoms with van der Waals surface area (Å²) in [7, 11) is 0. The van der Waals surface area contributed by atoms with E-state index < -0.39 is 0 Å². The molecule has 0 aromatic rings. The maximum Gasteiger partial charge on any atom is 0.0791 e. The predicted molar refractivity (Wildman–Crippen MR) is 59.6 cm³/mol. The van der Waals surface area contributed by atoms with E-state index in [4.69, 9.17) is 4.74 Å². The first-order valence-electron chi connectivity index (χ1n) is 5.41. The van der Waals surface area contributed by atoms with E-state index in [1.54, 1.807) is 0 Å². The van der Waals surface area contributed by atoms with Gasteiger partial charge in [-0.2, -0.15) is 0 Å². The Morgan fingerprint density at radius 1 is 1.47 bits per heavy atom. The smallest absolute Gasteiger partial charge is 0.0791 e. The fourth-order valence-electron chi connectivity index (χ4n) is 1.54. The highest BCUT2D eigenvalue weighted by Gasteiger charge is 2.13. The molecule has 1 aliphatic rings. The average molecular weight is 212 g/mol. The van der Waals surface area contributed by atoms with Crippen LogP contribution < -0.4 is 5.32 Å². The summed E-state index contributed by atoms with van der Waals surface area (Å²) in [5.74, 6) is 5.70. The van der Waals surface area contributed by atoms with Crippen molar-refractivity contribution in [2.24, 2.45) is 0 Å². The molecule has 15 heavy (non-hydrogen) atoms. The molecular formula is C11H20N2O2. The van der Waals surface area contributed by atoms with Gasteiger partial charge in [0.1, 0.15) is 0 Å². The Morgan fingerprint density at radius 3 is 2.87 bits per heavy atom. The van der Waals surface area contributed by atoms with Gasteiger partial charge in [0.05, 0.1) is 25.9 Å². The Labute approximate surface area is 91.6 Å². The number of rotatable bonds is 5. The molecule has 0 spiro atoms. The topological polar surface area (TPSA) is 44.7 Å². The van der Waals surface area contributed by atoms with Crippen LogP contribution in [0.25, 0.3) is 0 Å². The van der Waals surface area contributed by atoms with Gasteiger partial charge >= 0.3 is 0 Å². The zero-order chi connectivity index (χ0) is 10.9. The number of ether oxygens (including phenoxy) is 1. The Balaban J connectivity index is 2.05. The second kappa shape index (κ2) is 7.66. The normalized spacial score (nSPS) is 19.3. The van der Waals surface area contributed by atoms with Crippen LogP contribution in [0.15, 0.2) is 0 Å². The van der Waals surface area contributed by atoms with Crippen molar-refractivity contribution in [3.63, 3.8) is 0 Å². The van der Waals surface area contributed by atoms with Gasteiger partial charge in [-0.1, -0.05) is 5.92 Å². The maximum absolute atomic E-state index is 9.71. The zero-order valence-electron chi connectivity index (χ0n) is 9.33. The molecular weight excluding hydrogens is 192 g/mol. The van der Waals surface area contributed by atoms with Crippen molar-refractivity contribution in [1.82, 2.24) is 10.2 Å². The van der Waals surface area contributed by atoms with Gasteiger partial charge in [-0.25, -0.2) is 0 Å². The summed E-state index contributed by atoms with van der Waals surface area (Å²) in [5.41, 5.74) is 0. The van der Waals surface area contributed by atoms with E-state index in [-0.39, 0.29) is 6.10 Å². The van der Waals surface area contributed by atoms with Gasteiger partial charge in [-0.05, 0) is 6.92 Å². The second-order valence-electron chi connectivity index (χ2n) is 3.62. The summed E-state index contributed by atoms with van der Waals surface area (Å²) in [6.07, 6.45) is -0.318. The number of hydrogen-bond acceptors (Lipinski definition) is 4. The Morgan fingerprint density at radius 2 is 2.20 bits per heavy atom. The van der Waals surface area contributed by atoms with Crippen LogP contribution in [0.1, 0.15) is 6.92 Å². The molecule has 1 aliphatic heterocycles. The van der Waals surface area contributed by atoms with Crippen LogP contribution in [0.2, 0.25) is 0 Å². The molecule has 0 aromatic heterocycles. The van der Waals surface area contributed by atoms with E-state index in [9.17, 15) is 5.11 Å². The number of morpholine rings is 1. The quantitative estimate of drug-likeness (QED) is 0.467. The summed E-state index contributed by atoms with van der Waals surface area (Å²) in [6.45, 7) is 7.19. The van der Waals surface area contributed by atoms with Crippen LogP contribution in [0.3, 0.4) is 0 Å². The van der Waals surface area contributed by atoms with Crippen molar-refractivity contribution in [3.8, 4) is 11.8 Å². The molecule has 1 unspecified atom stereocenters. The van der Waals surface area contributed by atoms with Gasteiger partial charge in [-0.15, -0.1) is 5.92 Å². The van der Waals surface area contributed by atoms with Crippen LogP contribution in [0.4, 0.5) is 0 Å². The summed E-state index contributed by atoms with van der Waals surface area (Å²) in [5, 5.41) is 12.8. The molecule has 4 nitrogen and oxygen atoms in total. The summed E-state index contributed by atoms with van der Waals surface area (Å²) in [6, 6.07) is 0. The standard InChI is InChI=1S/C11H20N2O2/c1-2-3-4-12-9-11(14)10-13-5-7-15-8-6-13/h11-12,14H,4-10H2,1H3.